The molecule has 148 valence electrons. The van der Waals surface area contributed by atoms with Crippen LogP contribution < -0.4 is 15.4 Å². The van der Waals surface area contributed by atoms with Crippen LogP contribution in [0.4, 0.5) is 0 Å². The summed E-state index contributed by atoms with van der Waals surface area (Å²) in [4.78, 5) is 4.64. The van der Waals surface area contributed by atoms with E-state index in [2.05, 4.69) is 48.4 Å². The minimum atomic E-state index is 0.252. The van der Waals surface area contributed by atoms with Gasteiger partial charge in [0, 0.05) is 25.3 Å². The van der Waals surface area contributed by atoms with Gasteiger partial charge in [0.05, 0.1) is 12.2 Å². The Labute approximate surface area is 163 Å². The standard InChI is InChI=1S/C21H33N5O/c1-7-22-21(23-12-13-27-20-11-9-8-10-15(20)2)24-16(3)14-19-17(4)25-26(6)18(19)5/h8-11,16H,7,12-14H2,1-6H3,(H2,22,23,24). The Hall–Kier alpha value is -2.50. The van der Waals surface area contributed by atoms with E-state index in [4.69, 9.17) is 4.74 Å². The molecule has 27 heavy (non-hydrogen) atoms. The number of aromatic nitrogens is 2. The Morgan fingerprint density at radius 1 is 1.26 bits per heavy atom. The van der Waals surface area contributed by atoms with Crippen molar-refractivity contribution < 1.29 is 4.74 Å². The lowest BCUT2D eigenvalue weighted by molar-refractivity contribution is 0.326. The third-order valence-corrected chi connectivity index (χ3v) is 4.61. The molecule has 0 aliphatic carbocycles. The van der Waals surface area contributed by atoms with Gasteiger partial charge in [-0.3, -0.25) is 4.68 Å². The lowest BCUT2D eigenvalue weighted by Gasteiger charge is -2.18. The second-order valence-electron chi connectivity index (χ2n) is 6.90. The van der Waals surface area contributed by atoms with Gasteiger partial charge in [-0.1, -0.05) is 18.2 Å². The number of ether oxygens (including phenoxy) is 1. The molecule has 1 heterocycles. The maximum atomic E-state index is 5.83. The van der Waals surface area contributed by atoms with Gasteiger partial charge < -0.3 is 15.4 Å². The van der Waals surface area contributed by atoms with E-state index >= 15 is 0 Å². The molecule has 0 aliphatic heterocycles. The minimum Gasteiger partial charge on any atom is -0.491 e. The van der Waals surface area contributed by atoms with Gasteiger partial charge in [-0.2, -0.15) is 5.10 Å². The summed E-state index contributed by atoms with van der Waals surface area (Å²) < 4.78 is 7.77. The lowest BCUT2D eigenvalue weighted by Crippen LogP contribution is -2.43. The fraction of sp³-hybridized carbons (Fsp3) is 0.524. The van der Waals surface area contributed by atoms with Crippen LogP contribution in [-0.4, -0.2) is 41.5 Å². The molecule has 2 aromatic rings. The van der Waals surface area contributed by atoms with Crippen molar-refractivity contribution in [1.82, 2.24) is 20.4 Å². The number of aliphatic imine (C=N–C) groups is 1. The zero-order chi connectivity index (χ0) is 19.8. The number of nitrogens with zero attached hydrogens (tertiary/aromatic N) is 3. The van der Waals surface area contributed by atoms with Crippen LogP contribution in [0.25, 0.3) is 0 Å². The second kappa shape index (κ2) is 10.00. The van der Waals surface area contributed by atoms with Crippen LogP contribution in [0.1, 0.15) is 36.4 Å². The Morgan fingerprint density at radius 3 is 2.63 bits per heavy atom. The van der Waals surface area contributed by atoms with E-state index < -0.39 is 0 Å². The molecule has 1 aromatic carbocycles. The number of guanidine groups is 1. The van der Waals surface area contributed by atoms with Crippen LogP contribution in [0.5, 0.6) is 5.75 Å². The van der Waals surface area contributed by atoms with Crippen molar-refractivity contribution in [2.24, 2.45) is 12.0 Å². The molecule has 0 saturated carbocycles. The van der Waals surface area contributed by atoms with Crippen molar-refractivity contribution in [2.45, 2.75) is 47.1 Å². The third kappa shape index (κ3) is 6.01. The highest BCUT2D eigenvalue weighted by molar-refractivity contribution is 5.80. The molecule has 2 N–H and O–H groups in total. The number of rotatable bonds is 8. The van der Waals surface area contributed by atoms with Gasteiger partial charge >= 0.3 is 0 Å². The Bertz CT molecular complexity index is 766. The van der Waals surface area contributed by atoms with Crippen LogP contribution in [0.15, 0.2) is 29.3 Å². The molecule has 0 bridgehead atoms. The summed E-state index contributed by atoms with van der Waals surface area (Å²) in [5, 5.41) is 11.3. The van der Waals surface area contributed by atoms with Crippen LogP contribution >= 0.6 is 0 Å². The van der Waals surface area contributed by atoms with E-state index in [0.717, 1.165) is 35.9 Å². The molecule has 0 saturated heterocycles. The number of hydrogen-bond donors (Lipinski definition) is 2. The van der Waals surface area contributed by atoms with Crippen molar-refractivity contribution in [1.29, 1.82) is 0 Å². The van der Waals surface area contributed by atoms with Gasteiger partial charge in [0.1, 0.15) is 12.4 Å². The van der Waals surface area contributed by atoms with Crippen molar-refractivity contribution in [2.75, 3.05) is 19.7 Å². The first kappa shape index (κ1) is 20.8. The smallest absolute Gasteiger partial charge is 0.191 e. The molecular weight excluding hydrogens is 338 g/mol. The normalized spacial score (nSPS) is 12.7. The van der Waals surface area contributed by atoms with Gasteiger partial charge in [0.15, 0.2) is 5.96 Å². The van der Waals surface area contributed by atoms with E-state index in [9.17, 15) is 0 Å². The highest BCUT2D eigenvalue weighted by Crippen LogP contribution is 2.16. The minimum absolute atomic E-state index is 0.252. The maximum Gasteiger partial charge on any atom is 0.191 e. The summed E-state index contributed by atoms with van der Waals surface area (Å²) >= 11 is 0. The van der Waals surface area contributed by atoms with E-state index in [1.165, 1.54) is 11.3 Å². The van der Waals surface area contributed by atoms with Gasteiger partial charge in [0.25, 0.3) is 0 Å². The van der Waals surface area contributed by atoms with Crippen molar-refractivity contribution in [3.63, 3.8) is 0 Å². The highest BCUT2D eigenvalue weighted by Gasteiger charge is 2.14. The summed E-state index contributed by atoms with van der Waals surface area (Å²) in [6.07, 6.45) is 0.912. The molecule has 2 rings (SSSR count). The van der Waals surface area contributed by atoms with Crippen molar-refractivity contribution in [3.8, 4) is 5.75 Å². The fourth-order valence-corrected chi connectivity index (χ4v) is 3.05. The number of para-hydroxylation sites is 1. The molecule has 1 unspecified atom stereocenters. The monoisotopic (exact) mass is 371 g/mol. The van der Waals surface area contributed by atoms with E-state index in [1.54, 1.807) is 0 Å². The molecule has 0 radical (unpaired) electrons. The van der Waals surface area contributed by atoms with Crippen LogP contribution in [0.2, 0.25) is 0 Å². The summed E-state index contributed by atoms with van der Waals surface area (Å²) in [5.41, 5.74) is 4.76. The summed E-state index contributed by atoms with van der Waals surface area (Å²) in [6.45, 7) is 12.4. The predicted octanol–water partition coefficient (Wildman–Crippen LogP) is 2.91. The van der Waals surface area contributed by atoms with E-state index in [1.807, 2.05) is 42.9 Å². The lowest BCUT2D eigenvalue weighted by atomic mass is 10.1. The van der Waals surface area contributed by atoms with Crippen molar-refractivity contribution >= 4 is 5.96 Å². The molecule has 6 heteroatoms. The first-order valence-electron chi connectivity index (χ1n) is 9.64. The van der Waals surface area contributed by atoms with Crippen molar-refractivity contribution in [3.05, 3.63) is 46.8 Å². The third-order valence-electron chi connectivity index (χ3n) is 4.61. The molecule has 0 spiro atoms. The summed E-state index contributed by atoms with van der Waals surface area (Å²) in [7, 11) is 1.99. The maximum absolute atomic E-state index is 5.83. The van der Waals surface area contributed by atoms with Gasteiger partial charge in [0.2, 0.25) is 0 Å². The molecule has 0 fully saturated rings. The highest BCUT2D eigenvalue weighted by atomic mass is 16.5. The van der Waals surface area contributed by atoms with Crippen LogP contribution in [0.3, 0.4) is 0 Å². The molecule has 1 aromatic heterocycles. The average molecular weight is 372 g/mol. The topological polar surface area (TPSA) is 63.5 Å². The number of hydrogen-bond acceptors (Lipinski definition) is 3. The first-order valence-corrected chi connectivity index (χ1v) is 9.64. The largest absolute Gasteiger partial charge is 0.491 e. The molecule has 0 aliphatic rings. The Kier molecular flexibility index (Phi) is 7.70. The number of aryl methyl sites for hydroxylation is 3. The quantitative estimate of drug-likeness (QED) is 0.425. The van der Waals surface area contributed by atoms with Gasteiger partial charge in [-0.05, 0) is 58.2 Å². The SMILES string of the molecule is CCNC(=NCCOc1ccccc1C)NC(C)Cc1c(C)nn(C)c1C. The molecule has 6 nitrogen and oxygen atoms in total. The molecular formula is C21H33N5O. The summed E-state index contributed by atoms with van der Waals surface area (Å²) in [5.74, 6) is 1.74. The Balaban J connectivity index is 1.89. The molecule has 1 atom stereocenters. The zero-order valence-electron chi connectivity index (χ0n) is 17.5. The fourth-order valence-electron chi connectivity index (χ4n) is 3.05. The predicted molar refractivity (Wildman–Crippen MR) is 112 cm³/mol. The first-order chi connectivity index (χ1) is 12.9. The number of benzene rings is 1. The van der Waals surface area contributed by atoms with E-state index in [-0.39, 0.29) is 6.04 Å². The van der Waals surface area contributed by atoms with Crippen LogP contribution in [-0.2, 0) is 13.5 Å². The summed E-state index contributed by atoms with van der Waals surface area (Å²) in [6, 6.07) is 8.29. The van der Waals surface area contributed by atoms with E-state index in [0.29, 0.717) is 13.2 Å². The molecule has 0 amide bonds. The number of nitrogens with one attached hydrogen (secondary N) is 2. The van der Waals surface area contributed by atoms with Gasteiger partial charge in [-0.25, -0.2) is 4.99 Å². The second-order valence-corrected chi connectivity index (χ2v) is 6.90. The zero-order valence-corrected chi connectivity index (χ0v) is 17.5. The van der Waals surface area contributed by atoms with Crippen LogP contribution in [0, 0.1) is 20.8 Å². The van der Waals surface area contributed by atoms with Gasteiger partial charge in [-0.15, -0.1) is 0 Å². The Morgan fingerprint density at radius 2 is 2.00 bits per heavy atom. The average Bonchev–Trinajstić information content (AvgIpc) is 2.86.